The summed E-state index contributed by atoms with van der Waals surface area (Å²) in [4.78, 5) is 17.5. The summed E-state index contributed by atoms with van der Waals surface area (Å²) in [6.45, 7) is 0. The third-order valence-electron chi connectivity index (χ3n) is 3.09. The second-order valence-corrected chi connectivity index (χ2v) is 6.43. The molecule has 0 unspecified atom stereocenters. The van der Waals surface area contributed by atoms with Gasteiger partial charge in [0.15, 0.2) is 5.16 Å². The van der Waals surface area contributed by atoms with E-state index in [0.29, 0.717) is 5.75 Å². The fourth-order valence-corrected chi connectivity index (χ4v) is 3.28. The molecule has 1 N–H and O–H groups in total. The highest BCUT2D eigenvalue weighted by molar-refractivity contribution is 7.99. The largest absolute Gasteiger partial charge is 0.325 e. The highest BCUT2D eigenvalue weighted by Crippen LogP contribution is 2.21. The fraction of sp³-hybridized carbons (Fsp3) is 0.125. The molecular formula is C16H15N3OS2. The minimum absolute atomic E-state index is 0.0315. The van der Waals surface area contributed by atoms with Gasteiger partial charge in [-0.3, -0.25) is 9.20 Å². The first-order valence-electron chi connectivity index (χ1n) is 6.75. The Bertz CT molecular complexity index is 801. The molecule has 0 bridgehead atoms. The maximum Gasteiger partial charge on any atom is 0.234 e. The molecule has 2 heterocycles. The Morgan fingerprint density at radius 2 is 2.18 bits per heavy atom. The van der Waals surface area contributed by atoms with Crippen molar-refractivity contribution in [3.63, 3.8) is 0 Å². The van der Waals surface area contributed by atoms with Gasteiger partial charge in [0.1, 0.15) is 0 Å². The third kappa shape index (κ3) is 3.45. The van der Waals surface area contributed by atoms with Crippen molar-refractivity contribution in [1.29, 1.82) is 0 Å². The lowest BCUT2D eigenvalue weighted by atomic mass is 10.3. The molecule has 0 aliphatic heterocycles. The molecule has 0 fully saturated rings. The Morgan fingerprint density at radius 3 is 3.05 bits per heavy atom. The average molecular weight is 329 g/mol. The molecule has 6 heteroatoms. The van der Waals surface area contributed by atoms with Crippen LogP contribution in [-0.4, -0.2) is 27.3 Å². The number of fused-ring (bicyclic) bond motifs is 1. The number of carbonyl (C=O) groups is 1. The van der Waals surface area contributed by atoms with Gasteiger partial charge in [-0.25, -0.2) is 4.98 Å². The minimum atomic E-state index is -0.0315. The molecule has 1 aromatic carbocycles. The van der Waals surface area contributed by atoms with Gasteiger partial charge >= 0.3 is 0 Å². The zero-order valence-corrected chi connectivity index (χ0v) is 13.7. The van der Waals surface area contributed by atoms with Crippen LogP contribution in [0.1, 0.15) is 0 Å². The van der Waals surface area contributed by atoms with Crippen LogP contribution in [0.2, 0.25) is 0 Å². The van der Waals surface area contributed by atoms with Gasteiger partial charge in [0, 0.05) is 16.8 Å². The molecule has 0 saturated heterocycles. The van der Waals surface area contributed by atoms with Crippen LogP contribution in [0.3, 0.4) is 0 Å². The lowest BCUT2D eigenvalue weighted by molar-refractivity contribution is -0.113. The number of amides is 1. The van der Waals surface area contributed by atoms with Crippen molar-refractivity contribution in [3.8, 4) is 0 Å². The molecular weight excluding hydrogens is 314 g/mol. The van der Waals surface area contributed by atoms with Crippen molar-refractivity contribution in [1.82, 2.24) is 9.38 Å². The standard InChI is InChI=1S/C16H15N3OS2/c1-21-14-7-4-5-12(9-14)18-15(20)11-22-16-17-10-13-6-2-3-8-19(13)16/h2-10H,11H2,1H3,(H,18,20). The number of anilines is 1. The molecule has 2 aromatic heterocycles. The molecule has 0 radical (unpaired) electrons. The lowest BCUT2D eigenvalue weighted by Crippen LogP contribution is -2.14. The summed E-state index contributed by atoms with van der Waals surface area (Å²) in [5, 5.41) is 3.74. The monoisotopic (exact) mass is 329 g/mol. The number of aromatic nitrogens is 2. The molecule has 4 nitrogen and oxygen atoms in total. The van der Waals surface area contributed by atoms with E-state index in [1.807, 2.05) is 65.5 Å². The number of nitrogens with zero attached hydrogens (tertiary/aromatic N) is 2. The Kier molecular flexibility index (Phi) is 4.70. The number of benzene rings is 1. The van der Waals surface area contributed by atoms with E-state index in [1.54, 1.807) is 11.8 Å². The average Bonchev–Trinajstić information content (AvgIpc) is 2.96. The SMILES string of the molecule is CSc1cccc(NC(=O)CSc2ncc3ccccn23)c1. The molecule has 3 aromatic rings. The maximum atomic E-state index is 12.1. The predicted octanol–water partition coefficient (Wildman–Crippen LogP) is 3.79. The summed E-state index contributed by atoms with van der Waals surface area (Å²) < 4.78 is 1.98. The van der Waals surface area contributed by atoms with Gasteiger partial charge in [-0.15, -0.1) is 11.8 Å². The van der Waals surface area contributed by atoms with Crippen LogP contribution in [0.25, 0.3) is 5.52 Å². The molecule has 112 valence electrons. The van der Waals surface area contributed by atoms with Crippen LogP contribution in [0, 0.1) is 0 Å². The van der Waals surface area contributed by atoms with Crippen LogP contribution in [0.4, 0.5) is 5.69 Å². The van der Waals surface area contributed by atoms with Crippen LogP contribution >= 0.6 is 23.5 Å². The van der Waals surface area contributed by atoms with Crippen molar-refractivity contribution < 1.29 is 4.79 Å². The van der Waals surface area contributed by atoms with Crippen LogP contribution in [0.5, 0.6) is 0 Å². The lowest BCUT2D eigenvalue weighted by Gasteiger charge is -2.06. The van der Waals surface area contributed by atoms with Gasteiger partial charge in [-0.05, 0) is 36.6 Å². The molecule has 1 amide bonds. The van der Waals surface area contributed by atoms with E-state index in [2.05, 4.69) is 10.3 Å². The van der Waals surface area contributed by atoms with Gasteiger partial charge in [0.05, 0.1) is 17.5 Å². The minimum Gasteiger partial charge on any atom is -0.325 e. The summed E-state index contributed by atoms with van der Waals surface area (Å²) in [5.41, 5.74) is 1.85. The molecule has 3 rings (SSSR count). The summed E-state index contributed by atoms with van der Waals surface area (Å²) in [6.07, 6.45) is 5.77. The molecule has 0 atom stereocenters. The van der Waals surface area contributed by atoms with Gasteiger partial charge in [0.2, 0.25) is 5.91 Å². The van der Waals surface area contributed by atoms with E-state index in [9.17, 15) is 4.79 Å². The number of thioether (sulfide) groups is 2. The summed E-state index contributed by atoms with van der Waals surface area (Å²) in [5.74, 6) is 0.299. The summed E-state index contributed by atoms with van der Waals surface area (Å²) in [6, 6.07) is 13.7. The second kappa shape index (κ2) is 6.89. The zero-order valence-electron chi connectivity index (χ0n) is 12.0. The normalized spacial score (nSPS) is 10.8. The molecule has 22 heavy (non-hydrogen) atoms. The molecule has 0 saturated carbocycles. The van der Waals surface area contributed by atoms with Crippen molar-refractivity contribution in [2.45, 2.75) is 10.1 Å². The van der Waals surface area contributed by atoms with Gasteiger partial charge < -0.3 is 5.32 Å². The number of hydrogen-bond acceptors (Lipinski definition) is 4. The summed E-state index contributed by atoms with van der Waals surface area (Å²) in [7, 11) is 0. The summed E-state index contributed by atoms with van der Waals surface area (Å²) >= 11 is 3.08. The van der Waals surface area contributed by atoms with Crippen molar-refractivity contribution in [2.75, 3.05) is 17.3 Å². The Hall–Kier alpha value is -1.92. The van der Waals surface area contributed by atoms with Crippen molar-refractivity contribution >= 4 is 40.6 Å². The first kappa shape index (κ1) is 15.0. The Morgan fingerprint density at radius 1 is 1.27 bits per heavy atom. The van der Waals surface area contributed by atoms with Crippen molar-refractivity contribution in [2.24, 2.45) is 0 Å². The number of rotatable bonds is 5. The van der Waals surface area contributed by atoms with E-state index in [1.165, 1.54) is 11.8 Å². The van der Waals surface area contributed by atoms with E-state index in [-0.39, 0.29) is 5.91 Å². The van der Waals surface area contributed by atoms with E-state index >= 15 is 0 Å². The van der Waals surface area contributed by atoms with Gasteiger partial charge in [-0.2, -0.15) is 0 Å². The smallest absolute Gasteiger partial charge is 0.234 e. The molecule has 0 aliphatic rings. The number of carbonyl (C=O) groups excluding carboxylic acids is 1. The number of nitrogens with one attached hydrogen (secondary N) is 1. The van der Waals surface area contributed by atoms with E-state index < -0.39 is 0 Å². The first-order valence-corrected chi connectivity index (χ1v) is 8.96. The van der Waals surface area contributed by atoms with Crippen LogP contribution in [0.15, 0.2) is 64.9 Å². The van der Waals surface area contributed by atoms with Crippen LogP contribution in [-0.2, 0) is 4.79 Å². The van der Waals surface area contributed by atoms with Gasteiger partial charge in [-0.1, -0.05) is 23.9 Å². The number of hydrogen-bond donors (Lipinski definition) is 1. The topological polar surface area (TPSA) is 46.4 Å². The quantitative estimate of drug-likeness (QED) is 0.724. The molecule has 0 aliphatic carbocycles. The predicted molar refractivity (Wildman–Crippen MR) is 92.8 cm³/mol. The maximum absolute atomic E-state index is 12.1. The highest BCUT2D eigenvalue weighted by atomic mass is 32.2. The Labute approximate surface area is 137 Å². The third-order valence-corrected chi connectivity index (χ3v) is 4.78. The molecule has 0 spiro atoms. The van der Waals surface area contributed by atoms with E-state index in [0.717, 1.165) is 21.3 Å². The highest BCUT2D eigenvalue weighted by Gasteiger charge is 2.08. The van der Waals surface area contributed by atoms with Crippen LogP contribution < -0.4 is 5.32 Å². The van der Waals surface area contributed by atoms with E-state index in [4.69, 9.17) is 0 Å². The fourth-order valence-electron chi connectivity index (χ4n) is 2.05. The Balaban J connectivity index is 1.62. The van der Waals surface area contributed by atoms with Gasteiger partial charge in [0.25, 0.3) is 0 Å². The van der Waals surface area contributed by atoms with Crippen molar-refractivity contribution in [3.05, 3.63) is 54.9 Å². The number of imidazole rings is 1. The zero-order chi connectivity index (χ0) is 15.4. The first-order chi connectivity index (χ1) is 10.8. The number of pyridine rings is 1. The second-order valence-electron chi connectivity index (χ2n) is 4.61.